The van der Waals surface area contributed by atoms with E-state index in [0.29, 0.717) is 18.5 Å². The van der Waals surface area contributed by atoms with Crippen LogP contribution in [0.2, 0.25) is 0 Å². The number of rotatable bonds is 2. The highest BCUT2D eigenvalue weighted by Gasteiger charge is 2.48. The standard InChI is InChI=1S/C21H18F4N4O/c22-16-10-14(7-8-17(16)27)29-19-4-2-1-3-18(19)28(20(29)30)13-6-5-12(11-26)15(9-13)21(23,24)25/h5-10,18-19H,1-4,27H2. The number of urea groups is 1. The Balaban J connectivity index is 1.80. The maximum absolute atomic E-state index is 14.0. The van der Waals surface area contributed by atoms with E-state index in [1.165, 1.54) is 34.1 Å². The summed E-state index contributed by atoms with van der Waals surface area (Å²) < 4.78 is 54.4. The summed E-state index contributed by atoms with van der Waals surface area (Å²) in [6.07, 6.45) is -1.77. The number of benzene rings is 2. The summed E-state index contributed by atoms with van der Waals surface area (Å²) in [5.74, 6) is -0.663. The number of nitrogens with two attached hydrogens (primary N) is 1. The number of carbonyl (C=O) groups excluding carboxylic acids is 1. The Labute approximate surface area is 170 Å². The molecule has 0 radical (unpaired) electrons. The topological polar surface area (TPSA) is 73.4 Å². The highest BCUT2D eigenvalue weighted by molar-refractivity contribution is 6.07. The third kappa shape index (κ3) is 3.22. The fraction of sp³-hybridized carbons (Fsp3) is 0.333. The number of nitrogens with zero attached hydrogens (tertiary/aromatic N) is 3. The quantitative estimate of drug-likeness (QED) is 0.548. The zero-order valence-electron chi connectivity index (χ0n) is 15.8. The Bertz CT molecular complexity index is 1050. The van der Waals surface area contributed by atoms with Gasteiger partial charge in [0.15, 0.2) is 0 Å². The van der Waals surface area contributed by atoms with Gasteiger partial charge in [0, 0.05) is 11.4 Å². The molecule has 0 bridgehead atoms. The Hall–Kier alpha value is -3.28. The third-order valence-electron chi connectivity index (χ3n) is 5.74. The first-order valence-corrected chi connectivity index (χ1v) is 9.51. The molecule has 2 unspecified atom stereocenters. The summed E-state index contributed by atoms with van der Waals surface area (Å²) >= 11 is 0. The lowest BCUT2D eigenvalue weighted by atomic mass is 9.89. The van der Waals surface area contributed by atoms with Crippen LogP contribution in [-0.2, 0) is 6.18 Å². The Morgan fingerprint density at radius 2 is 1.57 bits per heavy atom. The molecule has 1 saturated heterocycles. The molecule has 1 aliphatic heterocycles. The summed E-state index contributed by atoms with van der Waals surface area (Å²) in [4.78, 5) is 16.1. The highest BCUT2D eigenvalue weighted by Crippen LogP contribution is 2.42. The first-order valence-electron chi connectivity index (χ1n) is 9.51. The van der Waals surface area contributed by atoms with Crippen LogP contribution in [0, 0.1) is 17.1 Å². The van der Waals surface area contributed by atoms with Crippen LogP contribution < -0.4 is 15.5 Å². The van der Waals surface area contributed by atoms with Gasteiger partial charge in [-0.2, -0.15) is 18.4 Å². The number of hydrogen-bond acceptors (Lipinski definition) is 3. The molecule has 0 spiro atoms. The van der Waals surface area contributed by atoms with Crippen molar-refractivity contribution < 1.29 is 22.4 Å². The number of fused-ring (bicyclic) bond motifs is 1. The second kappa shape index (κ2) is 7.20. The molecule has 2 fully saturated rings. The molecule has 1 heterocycles. The van der Waals surface area contributed by atoms with E-state index in [0.717, 1.165) is 25.0 Å². The van der Waals surface area contributed by atoms with Crippen LogP contribution in [0.3, 0.4) is 0 Å². The van der Waals surface area contributed by atoms with E-state index in [-0.39, 0.29) is 23.5 Å². The lowest BCUT2D eigenvalue weighted by molar-refractivity contribution is -0.137. The van der Waals surface area contributed by atoms with Gasteiger partial charge in [-0.25, -0.2) is 9.18 Å². The van der Waals surface area contributed by atoms with Crippen LogP contribution in [0.5, 0.6) is 0 Å². The normalized spacial score (nSPS) is 21.5. The molecular weight excluding hydrogens is 400 g/mol. The number of nitrogen functional groups attached to an aromatic ring is 1. The second-order valence-electron chi connectivity index (χ2n) is 7.49. The molecule has 4 rings (SSSR count). The lowest BCUT2D eigenvalue weighted by Gasteiger charge is -2.32. The summed E-state index contributed by atoms with van der Waals surface area (Å²) in [6, 6.07) is 7.73. The molecule has 2 aromatic rings. The summed E-state index contributed by atoms with van der Waals surface area (Å²) in [7, 11) is 0. The maximum Gasteiger partial charge on any atom is 0.417 e. The van der Waals surface area contributed by atoms with Gasteiger partial charge < -0.3 is 5.73 Å². The van der Waals surface area contributed by atoms with E-state index >= 15 is 0 Å². The molecule has 5 nitrogen and oxygen atoms in total. The van der Waals surface area contributed by atoms with E-state index in [2.05, 4.69) is 0 Å². The Morgan fingerprint density at radius 3 is 2.10 bits per heavy atom. The molecule has 1 aliphatic carbocycles. The Morgan fingerprint density at radius 1 is 1.00 bits per heavy atom. The van der Waals surface area contributed by atoms with Crippen molar-refractivity contribution in [3.63, 3.8) is 0 Å². The second-order valence-corrected chi connectivity index (χ2v) is 7.49. The van der Waals surface area contributed by atoms with Crippen LogP contribution in [0.15, 0.2) is 36.4 Å². The number of nitriles is 1. The minimum atomic E-state index is -4.73. The summed E-state index contributed by atoms with van der Waals surface area (Å²) in [5.41, 5.74) is 4.28. The van der Waals surface area contributed by atoms with Crippen LogP contribution >= 0.6 is 0 Å². The van der Waals surface area contributed by atoms with Gasteiger partial charge in [-0.1, -0.05) is 12.8 Å². The largest absolute Gasteiger partial charge is 0.417 e. The third-order valence-corrected chi connectivity index (χ3v) is 5.74. The molecule has 2 N–H and O–H groups in total. The van der Waals surface area contributed by atoms with E-state index in [1.54, 1.807) is 6.07 Å². The predicted octanol–water partition coefficient (Wildman–Crippen LogP) is 5.06. The Kier molecular flexibility index (Phi) is 4.80. The molecule has 30 heavy (non-hydrogen) atoms. The SMILES string of the molecule is N#Cc1ccc(N2C(=O)N(c3ccc(N)c(F)c3)C3CCCCC32)cc1C(F)(F)F. The van der Waals surface area contributed by atoms with E-state index in [1.807, 2.05) is 0 Å². The zero-order valence-corrected chi connectivity index (χ0v) is 15.8. The molecule has 2 aliphatic rings. The van der Waals surface area contributed by atoms with Crippen molar-refractivity contribution in [3.05, 3.63) is 53.3 Å². The van der Waals surface area contributed by atoms with Crippen molar-refractivity contribution in [1.82, 2.24) is 0 Å². The molecule has 2 amide bonds. The smallest absolute Gasteiger partial charge is 0.396 e. The zero-order chi connectivity index (χ0) is 21.6. The molecule has 9 heteroatoms. The number of amides is 2. The van der Waals surface area contributed by atoms with Crippen LogP contribution in [0.25, 0.3) is 0 Å². The van der Waals surface area contributed by atoms with Gasteiger partial charge in [-0.3, -0.25) is 9.80 Å². The minimum absolute atomic E-state index is 0.0515. The summed E-state index contributed by atoms with van der Waals surface area (Å²) in [6.45, 7) is 0. The number of alkyl halides is 3. The lowest BCUT2D eigenvalue weighted by Crippen LogP contribution is -2.40. The van der Waals surface area contributed by atoms with Gasteiger partial charge in [-0.15, -0.1) is 0 Å². The number of anilines is 3. The van der Waals surface area contributed by atoms with Gasteiger partial charge in [0.1, 0.15) is 5.82 Å². The van der Waals surface area contributed by atoms with E-state index in [9.17, 15) is 22.4 Å². The van der Waals surface area contributed by atoms with Crippen molar-refractivity contribution in [2.75, 3.05) is 15.5 Å². The van der Waals surface area contributed by atoms with Gasteiger partial charge >= 0.3 is 12.2 Å². The molecule has 2 atom stereocenters. The number of halogens is 4. The minimum Gasteiger partial charge on any atom is -0.396 e. The van der Waals surface area contributed by atoms with E-state index < -0.39 is 29.2 Å². The first-order chi connectivity index (χ1) is 14.2. The molecule has 2 aromatic carbocycles. The van der Waals surface area contributed by atoms with Crippen LogP contribution in [-0.4, -0.2) is 18.1 Å². The van der Waals surface area contributed by atoms with Gasteiger partial charge in [0.25, 0.3) is 0 Å². The fourth-order valence-electron chi connectivity index (χ4n) is 4.38. The average molecular weight is 418 g/mol. The predicted molar refractivity (Wildman–Crippen MR) is 103 cm³/mol. The van der Waals surface area contributed by atoms with Gasteiger partial charge in [-0.05, 0) is 49.2 Å². The van der Waals surface area contributed by atoms with Crippen molar-refractivity contribution in [3.8, 4) is 6.07 Å². The van der Waals surface area contributed by atoms with E-state index in [4.69, 9.17) is 11.0 Å². The average Bonchev–Trinajstić information content (AvgIpc) is 3.01. The van der Waals surface area contributed by atoms with Crippen LogP contribution in [0.4, 0.5) is 39.4 Å². The molecule has 0 aromatic heterocycles. The van der Waals surface area contributed by atoms with Crippen molar-refractivity contribution in [2.45, 2.75) is 43.9 Å². The maximum atomic E-state index is 14.0. The van der Waals surface area contributed by atoms with Crippen molar-refractivity contribution in [1.29, 1.82) is 5.26 Å². The number of carbonyl (C=O) groups is 1. The monoisotopic (exact) mass is 418 g/mol. The molecule has 1 saturated carbocycles. The highest BCUT2D eigenvalue weighted by atomic mass is 19.4. The van der Waals surface area contributed by atoms with Crippen molar-refractivity contribution in [2.24, 2.45) is 0 Å². The summed E-state index contributed by atoms with van der Waals surface area (Å²) in [5, 5.41) is 9.03. The fourth-order valence-corrected chi connectivity index (χ4v) is 4.38. The molecule has 156 valence electrons. The van der Waals surface area contributed by atoms with Gasteiger partial charge in [0.05, 0.1) is 35.0 Å². The van der Waals surface area contributed by atoms with Crippen LogP contribution in [0.1, 0.15) is 36.8 Å². The van der Waals surface area contributed by atoms with Crippen molar-refractivity contribution >= 4 is 23.1 Å². The number of hydrogen-bond donors (Lipinski definition) is 1. The molecular formula is C21H18F4N4O. The first kappa shape index (κ1) is 20.0. The van der Waals surface area contributed by atoms with Gasteiger partial charge in [0.2, 0.25) is 0 Å².